The molecule has 1 aromatic carbocycles. The van der Waals surface area contributed by atoms with Crippen LogP contribution < -0.4 is 9.47 Å². The monoisotopic (exact) mass is 178 g/mol. The van der Waals surface area contributed by atoms with Crippen molar-refractivity contribution in [2.45, 2.75) is 6.42 Å². The molecule has 0 N–H and O–H groups in total. The first kappa shape index (κ1) is 8.10. The summed E-state index contributed by atoms with van der Waals surface area (Å²) in [5.41, 5.74) is 1.73. The van der Waals surface area contributed by atoms with Crippen molar-refractivity contribution in [2.24, 2.45) is 0 Å². The van der Waals surface area contributed by atoms with Crippen LogP contribution in [-0.4, -0.2) is 20.0 Å². The lowest BCUT2D eigenvalue weighted by molar-refractivity contribution is 0.0964. The minimum Gasteiger partial charge on any atom is -0.497 e. The van der Waals surface area contributed by atoms with E-state index in [0.29, 0.717) is 17.7 Å². The Morgan fingerprint density at radius 3 is 2.54 bits per heavy atom. The van der Waals surface area contributed by atoms with E-state index in [1.807, 2.05) is 6.07 Å². The maximum absolute atomic E-state index is 11.2. The SMILES string of the molecule is COc1cc2c(c(OC)c1)C(=O)C2. The molecule has 0 amide bonds. The van der Waals surface area contributed by atoms with Crippen molar-refractivity contribution in [3.8, 4) is 11.5 Å². The van der Waals surface area contributed by atoms with E-state index in [9.17, 15) is 4.79 Å². The van der Waals surface area contributed by atoms with E-state index in [-0.39, 0.29) is 5.78 Å². The van der Waals surface area contributed by atoms with Gasteiger partial charge < -0.3 is 9.47 Å². The fraction of sp³-hybridized carbons (Fsp3) is 0.300. The molecule has 1 aliphatic rings. The Bertz CT molecular complexity index is 369. The molecule has 0 spiro atoms. The van der Waals surface area contributed by atoms with Crippen molar-refractivity contribution < 1.29 is 14.3 Å². The number of carbonyl (C=O) groups excluding carboxylic acids is 1. The number of methoxy groups -OCH3 is 2. The average molecular weight is 178 g/mol. The van der Waals surface area contributed by atoms with E-state index in [0.717, 1.165) is 11.3 Å². The first-order valence-corrected chi connectivity index (χ1v) is 4.04. The van der Waals surface area contributed by atoms with Crippen molar-refractivity contribution in [1.82, 2.24) is 0 Å². The lowest BCUT2D eigenvalue weighted by atomic mass is 9.86. The van der Waals surface area contributed by atoms with Gasteiger partial charge in [0.05, 0.1) is 19.8 Å². The summed E-state index contributed by atoms with van der Waals surface area (Å²) in [5.74, 6) is 1.50. The zero-order chi connectivity index (χ0) is 9.42. The first-order chi connectivity index (χ1) is 6.26. The Labute approximate surface area is 76.3 Å². The van der Waals surface area contributed by atoms with E-state index in [4.69, 9.17) is 9.47 Å². The summed E-state index contributed by atoms with van der Waals surface area (Å²) in [7, 11) is 3.16. The molecule has 0 unspecified atom stereocenters. The predicted octanol–water partition coefficient (Wildman–Crippen LogP) is 1.44. The fourth-order valence-corrected chi connectivity index (χ4v) is 1.53. The van der Waals surface area contributed by atoms with Crippen molar-refractivity contribution in [1.29, 1.82) is 0 Å². The minimum absolute atomic E-state index is 0.148. The number of fused-ring (bicyclic) bond motifs is 1. The second-order valence-corrected chi connectivity index (χ2v) is 2.96. The third kappa shape index (κ3) is 1.08. The molecule has 2 rings (SSSR count). The zero-order valence-electron chi connectivity index (χ0n) is 7.59. The Balaban J connectivity index is 2.54. The third-order valence-electron chi connectivity index (χ3n) is 2.24. The molecule has 0 saturated heterocycles. The molecule has 1 aliphatic carbocycles. The maximum Gasteiger partial charge on any atom is 0.171 e. The van der Waals surface area contributed by atoms with Gasteiger partial charge in [0, 0.05) is 12.5 Å². The van der Waals surface area contributed by atoms with E-state index < -0.39 is 0 Å². The highest BCUT2D eigenvalue weighted by Crippen LogP contribution is 2.35. The number of ketones is 1. The molecule has 0 radical (unpaired) electrons. The molecule has 0 saturated carbocycles. The number of hydrogen-bond acceptors (Lipinski definition) is 3. The quantitative estimate of drug-likeness (QED) is 0.687. The van der Waals surface area contributed by atoms with Gasteiger partial charge in [-0.2, -0.15) is 0 Å². The highest BCUT2D eigenvalue weighted by atomic mass is 16.5. The van der Waals surface area contributed by atoms with Gasteiger partial charge in [-0.25, -0.2) is 0 Å². The summed E-state index contributed by atoms with van der Waals surface area (Å²) in [4.78, 5) is 11.2. The Morgan fingerprint density at radius 2 is 2.00 bits per heavy atom. The van der Waals surface area contributed by atoms with Crippen LogP contribution in [0.1, 0.15) is 15.9 Å². The van der Waals surface area contributed by atoms with E-state index in [1.165, 1.54) is 0 Å². The Kier molecular flexibility index (Phi) is 1.72. The van der Waals surface area contributed by atoms with Crippen molar-refractivity contribution in [3.63, 3.8) is 0 Å². The molecular formula is C10H10O3. The summed E-state index contributed by atoms with van der Waals surface area (Å²) in [6.07, 6.45) is 0.503. The van der Waals surface area contributed by atoms with Crippen LogP contribution in [0.4, 0.5) is 0 Å². The van der Waals surface area contributed by atoms with Crippen LogP contribution in [0, 0.1) is 0 Å². The van der Waals surface area contributed by atoms with E-state index >= 15 is 0 Å². The predicted molar refractivity (Wildman–Crippen MR) is 47.6 cm³/mol. The molecule has 0 fully saturated rings. The summed E-state index contributed by atoms with van der Waals surface area (Å²) in [6.45, 7) is 0. The zero-order valence-corrected chi connectivity index (χ0v) is 7.59. The number of ether oxygens (including phenoxy) is 2. The van der Waals surface area contributed by atoms with E-state index in [2.05, 4.69) is 0 Å². The van der Waals surface area contributed by atoms with Gasteiger partial charge in [-0.1, -0.05) is 0 Å². The van der Waals surface area contributed by atoms with Crippen LogP contribution in [-0.2, 0) is 6.42 Å². The number of carbonyl (C=O) groups is 1. The van der Waals surface area contributed by atoms with Crippen LogP contribution in [0.15, 0.2) is 12.1 Å². The van der Waals surface area contributed by atoms with Gasteiger partial charge in [0.1, 0.15) is 11.5 Å². The molecule has 68 valence electrons. The summed E-state index contributed by atoms with van der Waals surface area (Å²) in [6, 6.07) is 3.61. The lowest BCUT2D eigenvalue weighted by Crippen LogP contribution is -2.20. The van der Waals surface area contributed by atoms with Gasteiger partial charge in [0.2, 0.25) is 0 Å². The van der Waals surface area contributed by atoms with Crippen molar-refractivity contribution in [3.05, 3.63) is 23.3 Å². The molecule has 3 nitrogen and oxygen atoms in total. The molecule has 13 heavy (non-hydrogen) atoms. The smallest absolute Gasteiger partial charge is 0.171 e. The number of rotatable bonds is 2. The van der Waals surface area contributed by atoms with Crippen LogP contribution in [0.2, 0.25) is 0 Å². The summed E-state index contributed by atoms with van der Waals surface area (Å²) < 4.78 is 10.2. The number of Topliss-reactive ketones (excluding diaryl/α,β-unsaturated/α-hetero) is 1. The third-order valence-corrected chi connectivity index (χ3v) is 2.24. The minimum atomic E-state index is 0.148. The molecule has 0 atom stereocenters. The van der Waals surface area contributed by atoms with Gasteiger partial charge in [0.25, 0.3) is 0 Å². The van der Waals surface area contributed by atoms with Gasteiger partial charge in [-0.15, -0.1) is 0 Å². The maximum atomic E-state index is 11.2. The molecule has 0 bridgehead atoms. The van der Waals surface area contributed by atoms with Crippen LogP contribution >= 0.6 is 0 Å². The van der Waals surface area contributed by atoms with Crippen LogP contribution in [0.25, 0.3) is 0 Å². The molecule has 1 aromatic rings. The normalized spacial score (nSPS) is 13.2. The molecule has 0 heterocycles. The largest absolute Gasteiger partial charge is 0.497 e. The molecule has 3 heteroatoms. The van der Waals surface area contributed by atoms with E-state index in [1.54, 1.807) is 20.3 Å². The van der Waals surface area contributed by atoms with Crippen LogP contribution in [0.5, 0.6) is 11.5 Å². The fourth-order valence-electron chi connectivity index (χ4n) is 1.53. The van der Waals surface area contributed by atoms with Gasteiger partial charge in [-0.05, 0) is 11.6 Å². The number of benzene rings is 1. The average Bonchev–Trinajstić information content (AvgIpc) is 2.14. The highest BCUT2D eigenvalue weighted by Gasteiger charge is 2.28. The van der Waals surface area contributed by atoms with Gasteiger partial charge >= 0.3 is 0 Å². The summed E-state index contributed by atoms with van der Waals surface area (Å²) >= 11 is 0. The second-order valence-electron chi connectivity index (χ2n) is 2.96. The van der Waals surface area contributed by atoms with Gasteiger partial charge in [-0.3, -0.25) is 4.79 Å². The first-order valence-electron chi connectivity index (χ1n) is 4.04. The lowest BCUT2D eigenvalue weighted by Gasteiger charge is -2.20. The van der Waals surface area contributed by atoms with Crippen molar-refractivity contribution in [2.75, 3.05) is 14.2 Å². The molecule has 0 aliphatic heterocycles. The summed E-state index contributed by atoms with van der Waals surface area (Å²) in [5, 5.41) is 0. The number of hydrogen-bond donors (Lipinski definition) is 0. The second kappa shape index (κ2) is 2.76. The van der Waals surface area contributed by atoms with Gasteiger partial charge in [0.15, 0.2) is 5.78 Å². The molecular weight excluding hydrogens is 168 g/mol. The Hall–Kier alpha value is -1.51. The van der Waals surface area contributed by atoms with Crippen molar-refractivity contribution >= 4 is 5.78 Å². The van der Waals surface area contributed by atoms with Crippen LogP contribution in [0.3, 0.4) is 0 Å². The standard InChI is InChI=1S/C10H10O3/c1-12-7-3-6-4-8(11)10(6)9(5-7)13-2/h3,5H,4H2,1-2H3. The topological polar surface area (TPSA) is 35.5 Å². The molecule has 0 aromatic heterocycles. The Morgan fingerprint density at radius 1 is 1.23 bits per heavy atom. The highest BCUT2D eigenvalue weighted by molar-refractivity contribution is 6.09.